The van der Waals surface area contributed by atoms with E-state index in [1.807, 2.05) is 6.92 Å². The number of carbonyl (C=O) groups is 1. The third-order valence-electron chi connectivity index (χ3n) is 1.54. The van der Waals surface area contributed by atoms with E-state index in [0.29, 0.717) is 6.42 Å². The van der Waals surface area contributed by atoms with Gasteiger partial charge in [-0.05, 0) is 20.3 Å². The fourth-order valence-corrected chi connectivity index (χ4v) is 2.04. The van der Waals surface area contributed by atoms with Gasteiger partial charge in [0.1, 0.15) is 0 Å². The summed E-state index contributed by atoms with van der Waals surface area (Å²) in [6.07, 6.45) is 1.24. The van der Waals surface area contributed by atoms with Gasteiger partial charge in [0, 0.05) is 6.08 Å². The van der Waals surface area contributed by atoms with E-state index in [2.05, 4.69) is 11.1 Å². The molecule has 0 aromatic rings. The average Bonchev–Trinajstić information content (AvgIpc) is 2.17. The van der Waals surface area contributed by atoms with Crippen LogP contribution in [0.1, 0.15) is 27.2 Å². The summed E-state index contributed by atoms with van der Waals surface area (Å²) in [5.41, 5.74) is 0. The van der Waals surface area contributed by atoms with E-state index in [1.165, 1.54) is 0 Å². The largest absolute Gasteiger partial charge is 0.532 e. The molecule has 0 fully saturated rings. The van der Waals surface area contributed by atoms with Crippen LogP contribution in [-0.2, 0) is 22.9 Å². The van der Waals surface area contributed by atoms with Crippen molar-refractivity contribution in [2.45, 2.75) is 33.3 Å². The van der Waals surface area contributed by atoms with Crippen molar-refractivity contribution in [2.24, 2.45) is 0 Å². The zero-order valence-electron chi connectivity index (χ0n) is 9.26. The van der Waals surface area contributed by atoms with Gasteiger partial charge in [0.25, 0.3) is 0 Å². The van der Waals surface area contributed by atoms with E-state index in [4.69, 9.17) is 9.05 Å². The van der Waals surface area contributed by atoms with Crippen LogP contribution in [0.4, 0.5) is 0 Å². The first-order valence-corrected chi connectivity index (χ1v) is 6.22. The third-order valence-corrected chi connectivity index (χ3v) is 3.14. The molecule has 0 saturated carbocycles. The van der Waals surface area contributed by atoms with Crippen LogP contribution in [0.25, 0.3) is 0 Å². The fourth-order valence-electron chi connectivity index (χ4n) is 0.679. The molecule has 0 amide bonds. The molecule has 0 N–H and O–H groups in total. The maximum Gasteiger partial charge on any atom is 0.532 e. The highest BCUT2D eigenvalue weighted by Crippen LogP contribution is 2.50. The van der Waals surface area contributed by atoms with Crippen molar-refractivity contribution < 1.29 is 22.9 Å². The predicted molar refractivity (Wildman–Crippen MR) is 56.4 cm³/mol. The Balaban J connectivity index is 4.51. The monoisotopic (exact) mass is 236 g/mol. The van der Waals surface area contributed by atoms with Gasteiger partial charge in [-0.15, -0.1) is 0 Å². The smallest absolute Gasteiger partial charge is 0.367 e. The lowest BCUT2D eigenvalue weighted by Crippen LogP contribution is -2.10. The highest BCUT2D eigenvalue weighted by atomic mass is 31.2. The number of carbonyl (C=O) groups excluding carboxylic acids is 1. The number of rotatable bonds is 7. The van der Waals surface area contributed by atoms with E-state index in [0.717, 1.165) is 6.08 Å². The number of hydrogen-bond acceptors (Lipinski definition) is 5. The predicted octanol–water partition coefficient (Wildman–Crippen LogP) is 2.68. The minimum Gasteiger partial charge on any atom is -0.367 e. The Morgan fingerprint density at radius 3 is 2.53 bits per heavy atom. The van der Waals surface area contributed by atoms with Crippen LogP contribution in [0, 0.1) is 0 Å². The van der Waals surface area contributed by atoms with Crippen molar-refractivity contribution in [3.63, 3.8) is 0 Å². The first kappa shape index (κ1) is 14.4. The molecular weight excluding hydrogens is 219 g/mol. The van der Waals surface area contributed by atoms with Gasteiger partial charge >= 0.3 is 13.8 Å². The normalized spacial score (nSPS) is 16.5. The summed E-state index contributed by atoms with van der Waals surface area (Å²) < 4.78 is 26.2. The zero-order chi connectivity index (χ0) is 11.9. The van der Waals surface area contributed by atoms with E-state index >= 15 is 0 Å². The van der Waals surface area contributed by atoms with Crippen LogP contribution in [0.2, 0.25) is 0 Å². The minimum absolute atomic E-state index is 0.137. The van der Waals surface area contributed by atoms with Crippen LogP contribution in [0.5, 0.6) is 0 Å². The summed E-state index contributed by atoms with van der Waals surface area (Å²) in [6.45, 7) is 8.54. The van der Waals surface area contributed by atoms with E-state index in [1.54, 1.807) is 13.8 Å². The molecule has 0 aromatic heterocycles. The SMILES string of the molecule is C=CC(=O)OP(=O)(OCC)OC(C)CC. The molecule has 0 aliphatic carbocycles. The summed E-state index contributed by atoms with van der Waals surface area (Å²) in [7, 11) is -3.79. The third kappa shape index (κ3) is 5.72. The van der Waals surface area contributed by atoms with E-state index < -0.39 is 13.8 Å². The first-order chi connectivity index (χ1) is 6.97. The number of phosphoric ester groups is 1. The lowest BCUT2D eigenvalue weighted by atomic mass is 10.3. The maximum atomic E-state index is 11.8. The molecule has 0 radical (unpaired) electrons. The van der Waals surface area contributed by atoms with Gasteiger partial charge in [0.05, 0.1) is 12.7 Å². The Hall–Kier alpha value is -0.640. The van der Waals surface area contributed by atoms with Gasteiger partial charge in [-0.2, -0.15) is 0 Å². The Kier molecular flexibility index (Phi) is 6.48. The zero-order valence-corrected chi connectivity index (χ0v) is 10.2. The molecule has 6 heteroatoms. The molecule has 0 saturated heterocycles. The quantitative estimate of drug-likeness (QED) is 0.502. The van der Waals surface area contributed by atoms with Gasteiger partial charge in [0.2, 0.25) is 0 Å². The van der Waals surface area contributed by atoms with Gasteiger partial charge in [0.15, 0.2) is 0 Å². The van der Waals surface area contributed by atoms with Crippen molar-refractivity contribution in [3.8, 4) is 0 Å². The fraction of sp³-hybridized carbons (Fsp3) is 0.667. The second-order valence-corrected chi connectivity index (χ2v) is 4.35. The topological polar surface area (TPSA) is 61.8 Å². The van der Waals surface area contributed by atoms with Crippen LogP contribution >= 0.6 is 7.82 Å². The Morgan fingerprint density at radius 2 is 2.13 bits per heavy atom. The van der Waals surface area contributed by atoms with Crippen LogP contribution in [0.3, 0.4) is 0 Å². The Morgan fingerprint density at radius 1 is 1.53 bits per heavy atom. The molecule has 5 nitrogen and oxygen atoms in total. The van der Waals surface area contributed by atoms with Crippen molar-refractivity contribution >= 4 is 13.8 Å². The van der Waals surface area contributed by atoms with E-state index in [-0.39, 0.29) is 12.7 Å². The molecule has 0 aliphatic heterocycles. The van der Waals surface area contributed by atoms with Crippen molar-refractivity contribution in [1.29, 1.82) is 0 Å². The molecule has 0 aromatic carbocycles. The molecule has 0 rings (SSSR count). The molecular formula is C9H17O5P. The van der Waals surface area contributed by atoms with Gasteiger partial charge in [-0.1, -0.05) is 13.5 Å². The summed E-state index contributed by atoms with van der Waals surface area (Å²) in [6, 6.07) is 0. The molecule has 2 unspecified atom stereocenters. The molecule has 0 heterocycles. The molecule has 0 bridgehead atoms. The highest BCUT2D eigenvalue weighted by Gasteiger charge is 2.31. The van der Waals surface area contributed by atoms with Crippen molar-refractivity contribution in [3.05, 3.63) is 12.7 Å². The van der Waals surface area contributed by atoms with Crippen LogP contribution in [-0.4, -0.2) is 18.7 Å². The number of phosphoric acid groups is 1. The summed E-state index contributed by atoms with van der Waals surface area (Å²) >= 11 is 0. The lowest BCUT2D eigenvalue weighted by Gasteiger charge is -2.19. The average molecular weight is 236 g/mol. The summed E-state index contributed by atoms with van der Waals surface area (Å²) in [5, 5.41) is 0. The molecule has 88 valence electrons. The van der Waals surface area contributed by atoms with Crippen molar-refractivity contribution in [2.75, 3.05) is 6.61 Å². The van der Waals surface area contributed by atoms with Crippen molar-refractivity contribution in [1.82, 2.24) is 0 Å². The van der Waals surface area contributed by atoms with E-state index in [9.17, 15) is 9.36 Å². The second kappa shape index (κ2) is 6.77. The molecule has 0 spiro atoms. The first-order valence-electron chi connectivity index (χ1n) is 4.76. The van der Waals surface area contributed by atoms with Crippen LogP contribution < -0.4 is 0 Å². The summed E-state index contributed by atoms with van der Waals surface area (Å²) in [5.74, 6) is -0.824. The highest BCUT2D eigenvalue weighted by molar-refractivity contribution is 7.49. The molecule has 0 aliphatic rings. The Labute approximate surface area is 90.0 Å². The van der Waals surface area contributed by atoms with Crippen LogP contribution in [0.15, 0.2) is 12.7 Å². The second-order valence-electron chi connectivity index (χ2n) is 2.80. The maximum absolute atomic E-state index is 11.8. The Bertz CT molecular complexity index is 263. The summed E-state index contributed by atoms with van der Waals surface area (Å²) in [4.78, 5) is 10.9. The standard InChI is InChI=1S/C9H17O5P/c1-5-8(4)13-15(11,12-7-3)14-9(10)6-2/h6,8H,2,5,7H2,1,3-4H3. The van der Waals surface area contributed by atoms with Gasteiger partial charge in [-0.3, -0.25) is 9.05 Å². The lowest BCUT2D eigenvalue weighted by molar-refractivity contribution is -0.131. The minimum atomic E-state index is -3.79. The number of hydrogen-bond donors (Lipinski definition) is 0. The molecule has 15 heavy (non-hydrogen) atoms. The van der Waals surface area contributed by atoms with Gasteiger partial charge < -0.3 is 4.52 Å². The van der Waals surface area contributed by atoms with Gasteiger partial charge in [-0.25, -0.2) is 9.36 Å². The molecule has 2 atom stereocenters.